The van der Waals surface area contributed by atoms with Crippen molar-refractivity contribution in [3.63, 3.8) is 0 Å². The summed E-state index contributed by atoms with van der Waals surface area (Å²) in [6.45, 7) is 2.62. The molecule has 0 saturated heterocycles. The Labute approximate surface area is 123 Å². The summed E-state index contributed by atoms with van der Waals surface area (Å²) in [7, 11) is 1.53. The SMILES string of the molecule is COc1c(C)n(Cc2cccc3ccccc23)ccc1=O. The van der Waals surface area contributed by atoms with Crippen molar-refractivity contribution in [2.24, 2.45) is 0 Å². The number of aromatic nitrogens is 1. The van der Waals surface area contributed by atoms with Crippen molar-refractivity contribution in [3.05, 3.63) is 76.2 Å². The van der Waals surface area contributed by atoms with E-state index in [1.165, 1.54) is 23.4 Å². The second-order valence-corrected chi connectivity index (χ2v) is 5.06. The average Bonchev–Trinajstić information content (AvgIpc) is 2.51. The first-order valence-corrected chi connectivity index (χ1v) is 6.91. The summed E-state index contributed by atoms with van der Waals surface area (Å²) in [6, 6.07) is 16.2. The van der Waals surface area contributed by atoms with Crippen LogP contribution in [0.2, 0.25) is 0 Å². The Morgan fingerprint density at radius 3 is 2.62 bits per heavy atom. The van der Waals surface area contributed by atoms with E-state index >= 15 is 0 Å². The van der Waals surface area contributed by atoms with E-state index in [2.05, 4.69) is 30.3 Å². The molecule has 2 aromatic carbocycles. The zero-order chi connectivity index (χ0) is 14.8. The molecule has 3 nitrogen and oxygen atoms in total. The summed E-state index contributed by atoms with van der Waals surface area (Å²) in [5.41, 5.74) is 1.99. The largest absolute Gasteiger partial charge is 0.491 e. The van der Waals surface area contributed by atoms with Gasteiger partial charge in [0.05, 0.1) is 12.8 Å². The van der Waals surface area contributed by atoms with Gasteiger partial charge in [-0.3, -0.25) is 4.79 Å². The number of hydrogen-bond donors (Lipinski definition) is 0. The fourth-order valence-corrected chi connectivity index (χ4v) is 2.69. The molecule has 0 aliphatic carbocycles. The Balaban J connectivity index is 2.09. The molecular formula is C18H17NO2. The van der Waals surface area contributed by atoms with Crippen molar-refractivity contribution >= 4 is 10.8 Å². The van der Waals surface area contributed by atoms with Crippen molar-refractivity contribution in [1.82, 2.24) is 4.57 Å². The highest BCUT2D eigenvalue weighted by Gasteiger charge is 2.08. The zero-order valence-electron chi connectivity index (χ0n) is 12.2. The van der Waals surface area contributed by atoms with Crippen LogP contribution in [0.1, 0.15) is 11.3 Å². The van der Waals surface area contributed by atoms with Gasteiger partial charge in [0, 0.05) is 18.8 Å². The number of rotatable bonds is 3. The Morgan fingerprint density at radius 2 is 1.81 bits per heavy atom. The lowest BCUT2D eigenvalue weighted by molar-refractivity contribution is 0.401. The van der Waals surface area contributed by atoms with Crippen LogP contribution in [0.5, 0.6) is 5.75 Å². The molecule has 3 heteroatoms. The molecular weight excluding hydrogens is 262 g/mol. The molecule has 3 aromatic rings. The van der Waals surface area contributed by atoms with Gasteiger partial charge in [0.1, 0.15) is 0 Å². The van der Waals surface area contributed by atoms with Crippen LogP contribution in [-0.2, 0) is 6.54 Å². The lowest BCUT2D eigenvalue weighted by Gasteiger charge is -2.14. The van der Waals surface area contributed by atoms with Crippen molar-refractivity contribution in [3.8, 4) is 5.75 Å². The summed E-state index contributed by atoms with van der Waals surface area (Å²) in [6.07, 6.45) is 1.82. The molecule has 0 amide bonds. The Bertz CT molecular complexity index is 844. The minimum absolute atomic E-state index is 0.0795. The van der Waals surface area contributed by atoms with Gasteiger partial charge in [0.25, 0.3) is 0 Å². The molecule has 0 radical (unpaired) electrons. The summed E-state index contributed by atoms with van der Waals surface area (Å²) in [5, 5.41) is 2.46. The summed E-state index contributed by atoms with van der Waals surface area (Å²) in [4.78, 5) is 11.7. The van der Waals surface area contributed by atoms with E-state index in [1.54, 1.807) is 6.07 Å². The minimum Gasteiger partial charge on any atom is -0.491 e. The van der Waals surface area contributed by atoms with E-state index < -0.39 is 0 Å². The van der Waals surface area contributed by atoms with Gasteiger partial charge >= 0.3 is 0 Å². The van der Waals surface area contributed by atoms with Crippen LogP contribution in [-0.4, -0.2) is 11.7 Å². The molecule has 0 saturated carbocycles. The van der Waals surface area contributed by atoms with Gasteiger partial charge in [-0.2, -0.15) is 0 Å². The quantitative estimate of drug-likeness (QED) is 0.736. The number of pyridine rings is 1. The summed E-state index contributed by atoms with van der Waals surface area (Å²) in [5.74, 6) is 0.415. The van der Waals surface area contributed by atoms with Gasteiger partial charge < -0.3 is 9.30 Å². The first kappa shape index (κ1) is 13.4. The number of hydrogen-bond acceptors (Lipinski definition) is 2. The molecule has 0 aliphatic heterocycles. The Hall–Kier alpha value is -2.55. The maximum Gasteiger partial charge on any atom is 0.223 e. The molecule has 3 rings (SSSR count). The second kappa shape index (κ2) is 5.44. The molecule has 0 unspecified atom stereocenters. The smallest absolute Gasteiger partial charge is 0.223 e. The fraction of sp³-hybridized carbons (Fsp3) is 0.167. The van der Waals surface area contributed by atoms with Crippen molar-refractivity contribution in [2.45, 2.75) is 13.5 Å². The van der Waals surface area contributed by atoms with Crippen LogP contribution < -0.4 is 10.2 Å². The van der Waals surface area contributed by atoms with E-state index in [0.717, 1.165) is 5.69 Å². The molecule has 106 valence electrons. The highest BCUT2D eigenvalue weighted by Crippen LogP contribution is 2.21. The minimum atomic E-state index is -0.0795. The highest BCUT2D eigenvalue weighted by molar-refractivity contribution is 5.85. The molecule has 1 heterocycles. The van der Waals surface area contributed by atoms with Crippen molar-refractivity contribution < 1.29 is 4.74 Å². The van der Waals surface area contributed by atoms with Crippen LogP contribution in [0.25, 0.3) is 10.8 Å². The van der Waals surface area contributed by atoms with E-state index in [9.17, 15) is 4.79 Å². The summed E-state index contributed by atoms with van der Waals surface area (Å²) < 4.78 is 7.25. The predicted octanol–water partition coefficient (Wildman–Crippen LogP) is 3.37. The average molecular weight is 279 g/mol. The standard InChI is InChI=1S/C18H17NO2/c1-13-18(21-2)17(20)10-11-19(13)12-15-8-5-7-14-6-3-4-9-16(14)15/h3-11H,12H2,1-2H3. The Morgan fingerprint density at radius 1 is 1.05 bits per heavy atom. The maximum absolute atomic E-state index is 11.7. The lowest BCUT2D eigenvalue weighted by atomic mass is 10.0. The molecule has 1 aromatic heterocycles. The second-order valence-electron chi connectivity index (χ2n) is 5.06. The van der Waals surface area contributed by atoms with Crippen molar-refractivity contribution in [1.29, 1.82) is 0 Å². The molecule has 0 aliphatic rings. The van der Waals surface area contributed by atoms with Crippen LogP contribution in [0.3, 0.4) is 0 Å². The maximum atomic E-state index is 11.7. The summed E-state index contributed by atoms with van der Waals surface area (Å²) >= 11 is 0. The number of ether oxygens (including phenoxy) is 1. The molecule has 21 heavy (non-hydrogen) atoms. The fourth-order valence-electron chi connectivity index (χ4n) is 2.69. The van der Waals surface area contributed by atoms with Gasteiger partial charge in [-0.15, -0.1) is 0 Å². The molecule has 0 bridgehead atoms. The van der Waals surface area contributed by atoms with E-state index in [4.69, 9.17) is 4.74 Å². The van der Waals surface area contributed by atoms with E-state index in [1.807, 2.05) is 29.8 Å². The topological polar surface area (TPSA) is 31.2 Å². The van der Waals surface area contributed by atoms with Gasteiger partial charge in [-0.05, 0) is 23.3 Å². The van der Waals surface area contributed by atoms with E-state index in [0.29, 0.717) is 12.3 Å². The number of nitrogens with zero attached hydrogens (tertiary/aromatic N) is 1. The van der Waals surface area contributed by atoms with Gasteiger partial charge in [0.2, 0.25) is 5.43 Å². The molecule has 0 fully saturated rings. The Kier molecular flexibility index (Phi) is 3.48. The van der Waals surface area contributed by atoms with Crippen LogP contribution in [0.15, 0.2) is 59.5 Å². The number of methoxy groups -OCH3 is 1. The highest BCUT2D eigenvalue weighted by atomic mass is 16.5. The molecule has 0 spiro atoms. The zero-order valence-corrected chi connectivity index (χ0v) is 12.2. The van der Waals surface area contributed by atoms with E-state index in [-0.39, 0.29) is 5.43 Å². The van der Waals surface area contributed by atoms with Gasteiger partial charge in [-0.25, -0.2) is 0 Å². The molecule has 0 atom stereocenters. The van der Waals surface area contributed by atoms with Gasteiger partial charge in [-0.1, -0.05) is 42.5 Å². The number of benzene rings is 2. The third kappa shape index (κ3) is 2.42. The normalized spacial score (nSPS) is 10.8. The first-order chi connectivity index (χ1) is 10.2. The van der Waals surface area contributed by atoms with Crippen LogP contribution in [0.4, 0.5) is 0 Å². The van der Waals surface area contributed by atoms with Gasteiger partial charge in [0.15, 0.2) is 5.75 Å². The molecule has 0 N–H and O–H groups in total. The third-order valence-electron chi connectivity index (χ3n) is 3.81. The predicted molar refractivity (Wildman–Crippen MR) is 85.0 cm³/mol. The van der Waals surface area contributed by atoms with Crippen molar-refractivity contribution in [2.75, 3.05) is 7.11 Å². The monoisotopic (exact) mass is 279 g/mol. The first-order valence-electron chi connectivity index (χ1n) is 6.91. The lowest BCUT2D eigenvalue weighted by Crippen LogP contribution is -2.14. The third-order valence-corrected chi connectivity index (χ3v) is 3.81. The number of fused-ring (bicyclic) bond motifs is 1. The van der Waals surface area contributed by atoms with Crippen LogP contribution >= 0.6 is 0 Å². The van der Waals surface area contributed by atoms with Crippen LogP contribution in [0, 0.1) is 6.92 Å².